The quantitative estimate of drug-likeness (QED) is 0.755. The van der Waals surface area contributed by atoms with Crippen molar-refractivity contribution in [3.63, 3.8) is 0 Å². The van der Waals surface area contributed by atoms with Gasteiger partial charge in [0.1, 0.15) is 0 Å². The summed E-state index contributed by atoms with van der Waals surface area (Å²) in [5.74, 6) is 0. The molecule has 0 spiro atoms. The van der Waals surface area contributed by atoms with E-state index in [9.17, 15) is 9.59 Å². The Morgan fingerprint density at radius 1 is 1.25 bits per heavy atom. The molecule has 0 saturated carbocycles. The van der Waals surface area contributed by atoms with Gasteiger partial charge in [0.25, 0.3) is 0 Å². The van der Waals surface area contributed by atoms with Gasteiger partial charge in [-0.3, -0.25) is 9.59 Å². The average Bonchev–Trinajstić information content (AvgIpc) is 2.29. The van der Waals surface area contributed by atoms with Crippen LogP contribution in [-0.2, 0) is 4.79 Å². The fraction of sp³-hybridized carbons (Fsp3) is 0. The normalized spacial score (nSPS) is 10.8. The van der Waals surface area contributed by atoms with Crippen molar-refractivity contribution in [1.29, 1.82) is 0 Å². The van der Waals surface area contributed by atoms with E-state index in [-0.39, 0.29) is 5.56 Å². The topological polar surface area (TPSA) is 62.0 Å². The zero-order valence-corrected chi connectivity index (χ0v) is 8.44. The second kappa shape index (κ2) is 4.44. The molecule has 16 heavy (non-hydrogen) atoms. The number of amides is 1. The molecule has 0 saturated heterocycles. The molecule has 0 radical (unpaired) electrons. The smallest absolute Gasteiger partial charge is 0.249 e. The van der Waals surface area contributed by atoms with Gasteiger partial charge in [0, 0.05) is 23.2 Å². The Kier molecular flexibility index (Phi) is 2.82. The molecule has 1 aromatic heterocycles. The minimum Gasteiger partial charge on any atom is -0.335 e. The van der Waals surface area contributed by atoms with Crippen LogP contribution >= 0.6 is 0 Å². The summed E-state index contributed by atoms with van der Waals surface area (Å²) in [5.41, 5.74) is 1.39. The maximum atomic E-state index is 11.4. The Bertz CT molecular complexity index is 599. The van der Waals surface area contributed by atoms with E-state index in [2.05, 4.69) is 10.3 Å². The number of H-pyrrole nitrogens is 1. The Balaban J connectivity index is 2.58. The molecule has 0 fully saturated rings. The van der Waals surface area contributed by atoms with Gasteiger partial charge in [0.15, 0.2) is 0 Å². The highest BCUT2D eigenvalue weighted by atomic mass is 16.1. The molecule has 1 amide bonds. The van der Waals surface area contributed by atoms with Gasteiger partial charge in [-0.05, 0) is 17.7 Å². The van der Waals surface area contributed by atoms with E-state index >= 15 is 0 Å². The van der Waals surface area contributed by atoms with E-state index < -0.39 is 0 Å². The number of aromatic nitrogens is 1. The van der Waals surface area contributed by atoms with Crippen molar-refractivity contribution in [2.24, 2.45) is 0 Å². The predicted octanol–water partition coefficient (Wildman–Crippen LogP) is 1.24. The number of aromatic amines is 1. The predicted molar refractivity (Wildman–Crippen MR) is 62.8 cm³/mol. The van der Waals surface area contributed by atoms with E-state index in [4.69, 9.17) is 0 Å². The Hall–Kier alpha value is -2.36. The molecule has 2 aromatic rings. The number of hydrogen-bond donors (Lipinski definition) is 2. The largest absolute Gasteiger partial charge is 0.335 e. The SMILES string of the molecule is O=CNC=Cc1cc(=O)[nH]c2ccccc12. The fourth-order valence-corrected chi connectivity index (χ4v) is 1.55. The van der Waals surface area contributed by atoms with Crippen molar-refractivity contribution in [2.75, 3.05) is 0 Å². The summed E-state index contributed by atoms with van der Waals surface area (Å²) in [6.45, 7) is 0. The second-order valence-electron chi connectivity index (χ2n) is 3.25. The van der Waals surface area contributed by atoms with Gasteiger partial charge < -0.3 is 10.3 Å². The van der Waals surface area contributed by atoms with Crippen LogP contribution in [0.3, 0.4) is 0 Å². The third kappa shape index (κ3) is 2.00. The molecule has 0 unspecified atom stereocenters. The molecule has 0 bridgehead atoms. The van der Waals surface area contributed by atoms with Gasteiger partial charge in [-0.2, -0.15) is 0 Å². The lowest BCUT2D eigenvalue weighted by molar-refractivity contribution is -0.108. The van der Waals surface area contributed by atoms with Crippen LogP contribution < -0.4 is 10.9 Å². The summed E-state index contributed by atoms with van der Waals surface area (Å²) in [5, 5.41) is 3.34. The van der Waals surface area contributed by atoms with Gasteiger partial charge in [-0.15, -0.1) is 0 Å². The first-order valence-corrected chi connectivity index (χ1v) is 4.79. The zero-order valence-electron chi connectivity index (χ0n) is 8.44. The van der Waals surface area contributed by atoms with E-state index in [1.807, 2.05) is 24.3 Å². The number of para-hydroxylation sites is 1. The molecule has 1 heterocycles. The monoisotopic (exact) mass is 214 g/mol. The first-order valence-electron chi connectivity index (χ1n) is 4.79. The number of hydrogen-bond acceptors (Lipinski definition) is 2. The Morgan fingerprint density at radius 2 is 2.06 bits per heavy atom. The van der Waals surface area contributed by atoms with Crippen LogP contribution in [0.25, 0.3) is 17.0 Å². The number of carbonyl (C=O) groups is 1. The highest BCUT2D eigenvalue weighted by molar-refractivity contribution is 5.87. The molecule has 0 atom stereocenters. The summed E-state index contributed by atoms with van der Waals surface area (Å²) in [6, 6.07) is 8.99. The first-order chi connectivity index (χ1) is 7.81. The molecule has 2 N–H and O–H groups in total. The van der Waals surface area contributed by atoms with E-state index in [1.54, 1.807) is 6.08 Å². The molecular weight excluding hydrogens is 204 g/mol. The molecule has 4 nitrogen and oxygen atoms in total. The lowest BCUT2D eigenvalue weighted by Gasteiger charge is -2.00. The Morgan fingerprint density at radius 3 is 2.88 bits per heavy atom. The van der Waals surface area contributed by atoms with Crippen LogP contribution in [0.4, 0.5) is 0 Å². The minimum absolute atomic E-state index is 0.163. The van der Waals surface area contributed by atoms with Crippen LogP contribution in [-0.4, -0.2) is 11.4 Å². The summed E-state index contributed by atoms with van der Waals surface area (Å²) in [4.78, 5) is 24.2. The Labute approximate surface area is 91.6 Å². The molecule has 0 aliphatic heterocycles. The molecule has 4 heteroatoms. The number of fused-ring (bicyclic) bond motifs is 1. The van der Waals surface area contributed by atoms with Crippen molar-refractivity contribution in [3.8, 4) is 0 Å². The third-order valence-corrected chi connectivity index (χ3v) is 2.21. The van der Waals surface area contributed by atoms with E-state index in [1.165, 1.54) is 12.3 Å². The van der Waals surface area contributed by atoms with Crippen LogP contribution in [0.15, 0.2) is 41.3 Å². The third-order valence-electron chi connectivity index (χ3n) is 2.21. The summed E-state index contributed by atoms with van der Waals surface area (Å²) >= 11 is 0. The molecule has 2 rings (SSSR count). The lowest BCUT2D eigenvalue weighted by Crippen LogP contribution is -2.05. The lowest BCUT2D eigenvalue weighted by atomic mass is 10.1. The zero-order chi connectivity index (χ0) is 11.4. The molecule has 0 aliphatic carbocycles. The fourth-order valence-electron chi connectivity index (χ4n) is 1.55. The summed E-state index contributed by atoms with van der Waals surface area (Å²) < 4.78 is 0. The highest BCUT2D eigenvalue weighted by Crippen LogP contribution is 2.15. The van der Waals surface area contributed by atoms with Gasteiger partial charge >= 0.3 is 0 Å². The number of benzene rings is 1. The second-order valence-corrected chi connectivity index (χ2v) is 3.25. The highest BCUT2D eigenvalue weighted by Gasteiger charge is 1.98. The van der Waals surface area contributed by atoms with Crippen LogP contribution in [0, 0.1) is 0 Å². The van der Waals surface area contributed by atoms with Crippen LogP contribution in [0.1, 0.15) is 5.56 Å². The van der Waals surface area contributed by atoms with Crippen molar-refractivity contribution in [3.05, 3.63) is 52.4 Å². The standard InChI is InChI=1S/C12H10N2O2/c15-8-13-6-5-9-7-12(16)14-11-4-2-1-3-10(9)11/h1-8H,(H,13,15)(H,14,16). The number of pyridine rings is 1. The minimum atomic E-state index is -0.163. The number of carbonyl (C=O) groups excluding carboxylic acids is 1. The van der Waals surface area contributed by atoms with Gasteiger partial charge in [-0.25, -0.2) is 0 Å². The van der Waals surface area contributed by atoms with Gasteiger partial charge in [0.2, 0.25) is 12.0 Å². The molecular formula is C12H10N2O2. The summed E-state index contributed by atoms with van der Waals surface area (Å²) in [7, 11) is 0. The van der Waals surface area contributed by atoms with Crippen molar-refractivity contribution in [1.82, 2.24) is 10.3 Å². The molecule has 1 aromatic carbocycles. The van der Waals surface area contributed by atoms with E-state index in [0.29, 0.717) is 6.41 Å². The maximum absolute atomic E-state index is 11.4. The molecule has 80 valence electrons. The van der Waals surface area contributed by atoms with Crippen LogP contribution in [0.2, 0.25) is 0 Å². The van der Waals surface area contributed by atoms with Gasteiger partial charge in [-0.1, -0.05) is 18.2 Å². The number of rotatable bonds is 3. The summed E-state index contributed by atoms with van der Waals surface area (Å²) in [6.07, 6.45) is 3.76. The van der Waals surface area contributed by atoms with Crippen LogP contribution in [0.5, 0.6) is 0 Å². The first kappa shape index (κ1) is 10.2. The van der Waals surface area contributed by atoms with Gasteiger partial charge in [0.05, 0.1) is 0 Å². The van der Waals surface area contributed by atoms with Crippen molar-refractivity contribution in [2.45, 2.75) is 0 Å². The van der Waals surface area contributed by atoms with E-state index in [0.717, 1.165) is 16.5 Å². The maximum Gasteiger partial charge on any atom is 0.249 e. The molecule has 0 aliphatic rings. The average molecular weight is 214 g/mol. The van der Waals surface area contributed by atoms with Crippen molar-refractivity contribution < 1.29 is 4.79 Å². The number of nitrogens with one attached hydrogen (secondary N) is 2. The van der Waals surface area contributed by atoms with Crippen molar-refractivity contribution >= 4 is 23.4 Å².